The highest BCUT2D eigenvalue weighted by Crippen LogP contribution is 2.30. The normalized spacial score (nSPS) is 11.8. The molecule has 2 aromatic heterocycles. The van der Waals surface area contributed by atoms with Crippen molar-refractivity contribution >= 4 is 11.5 Å². The standard InChI is InChI=1S/C15H12F3N3O4/c16-15(17,18)9-3-1-4-10(7-9)19-6-2-5-11-8-21-14(20-11)24-12(22)13(23)25-21/h1,3-4,7-8,19H,2,5-6H2. The lowest BCUT2D eigenvalue weighted by Crippen LogP contribution is -2.22. The summed E-state index contributed by atoms with van der Waals surface area (Å²) in [6, 6.07) is 4.92. The van der Waals surface area contributed by atoms with Crippen molar-refractivity contribution in [2.75, 3.05) is 11.9 Å². The van der Waals surface area contributed by atoms with Crippen LogP contribution in [0.15, 0.2) is 49.0 Å². The first kappa shape index (κ1) is 16.8. The van der Waals surface area contributed by atoms with Crippen LogP contribution in [0.3, 0.4) is 0 Å². The third kappa shape index (κ3) is 3.90. The summed E-state index contributed by atoms with van der Waals surface area (Å²) in [4.78, 5) is 26.1. The molecule has 0 amide bonds. The van der Waals surface area contributed by atoms with Crippen LogP contribution in [-0.4, -0.2) is 16.1 Å². The van der Waals surface area contributed by atoms with Gasteiger partial charge in [0.05, 0.1) is 17.5 Å². The number of aryl methyl sites for hydroxylation is 1. The van der Waals surface area contributed by atoms with E-state index in [-0.39, 0.29) is 5.84 Å². The highest BCUT2D eigenvalue weighted by atomic mass is 19.4. The summed E-state index contributed by atoms with van der Waals surface area (Å²) in [6.07, 6.45) is -1.98. The molecule has 0 aliphatic carbocycles. The zero-order valence-electron chi connectivity index (χ0n) is 12.7. The molecule has 0 bridgehead atoms. The Hall–Kier alpha value is -3.04. The average Bonchev–Trinajstić information content (AvgIpc) is 2.93. The van der Waals surface area contributed by atoms with E-state index in [0.29, 0.717) is 30.8 Å². The molecule has 7 nitrogen and oxygen atoms in total. The first-order chi connectivity index (χ1) is 11.8. The number of aromatic nitrogens is 2. The zero-order valence-corrected chi connectivity index (χ0v) is 12.7. The van der Waals surface area contributed by atoms with Crippen LogP contribution in [0, 0.1) is 0 Å². The Morgan fingerprint density at radius 2 is 2.00 bits per heavy atom. The average molecular weight is 355 g/mol. The summed E-state index contributed by atoms with van der Waals surface area (Å²) in [5.74, 6) is -0.134. The van der Waals surface area contributed by atoms with Gasteiger partial charge in [-0.1, -0.05) is 6.07 Å². The minimum atomic E-state index is -4.39. The molecule has 0 saturated heterocycles. The first-order valence-electron chi connectivity index (χ1n) is 7.27. The van der Waals surface area contributed by atoms with E-state index in [1.54, 1.807) is 6.07 Å². The molecule has 10 heteroatoms. The molecule has 2 heterocycles. The molecular weight excluding hydrogens is 343 g/mol. The van der Waals surface area contributed by atoms with Crippen LogP contribution >= 0.6 is 0 Å². The maximum atomic E-state index is 12.6. The number of hydrogen-bond acceptors (Lipinski definition) is 6. The number of rotatable bonds is 5. The highest BCUT2D eigenvalue weighted by Gasteiger charge is 2.30. The van der Waals surface area contributed by atoms with Crippen molar-refractivity contribution in [1.82, 2.24) is 9.56 Å². The van der Waals surface area contributed by atoms with Crippen LogP contribution in [0.2, 0.25) is 0 Å². The van der Waals surface area contributed by atoms with Gasteiger partial charge < -0.3 is 14.3 Å². The Morgan fingerprint density at radius 1 is 1.20 bits per heavy atom. The molecular formula is C15H12F3N3O4. The largest absolute Gasteiger partial charge is 0.442 e. The minimum Gasteiger partial charge on any atom is -0.385 e. The summed E-state index contributed by atoms with van der Waals surface area (Å²) in [7, 11) is 0. The van der Waals surface area contributed by atoms with Crippen LogP contribution in [0.25, 0.3) is 5.84 Å². The minimum absolute atomic E-state index is 0.134. The number of hydrogen-bond donors (Lipinski definition) is 1. The number of benzene rings is 1. The summed E-state index contributed by atoms with van der Waals surface area (Å²) >= 11 is 0. The van der Waals surface area contributed by atoms with Gasteiger partial charge in [-0.2, -0.15) is 18.2 Å². The Bertz CT molecular complexity index is 956. The molecule has 1 aromatic carbocycles. The van der Waals surface area contributed by atoms with E-state index >= 15 is 0 Å². The Morgan fingerprint density at radius 3 is 2.76 bits per heavy atom. The molecule has 1 N–H and O–H groups in total. The predicted molar refractivity (Wildman–Crippen MR) is 80.5 cm³/mol. The van der Waals surface area contributed by atoms with E-state index in [1.807, 2.05) is 0 Å². The number of nitrogens with one attached hydrogen (secondary N) is 1. The monoisotopic (exact) mass is 355 g/mol. The maximum Gasteiger partial charge on any atom is 0.442 e. The SMILES string of the molecule is O=c1oc2nc(CCCNc3cccc(C(F)(F)F)c3)cn2oc1=O. The van der Waals surface area contributed by atoms with Gasteiger partial charge >= 0.3 is 23.3 Å². The number of halogens is 3. The van der Waals surface area contributed by atoms with E-state index in [2.05, 4.69) is 19.2 Å². The van der Waals surface area contributed by atoms with Crippen LogP contribution in [0.5, 0.6) is 0 Å². The van der Waals surface area contributed by atoms with Gasteiger partial charge in [0.1, 0.15) is 0 Å². The first-order valence-corrected chi connectivity index (χ1v) is 7.27. The van der Waals surface area contributed by atoms with Gasteiger partial charge in [-0.05, 0) is 31.0 Å². The van der Waals surface area contributed by atoms with Gasteiger partial charge in [0.2, 0.25) is 0 Å². The lowest BCUT2D eigenvalue weighted by molar-refractivity contribution is -0.137. The van der Waals surface area contributed by atoms with Crippen LogP contribution in [0.1, 0.15) is 17.7 Å². The molecule has 0 aliphatic rings. The molecule has 0 spiro atoms. The molecule has 132 valence electrons. The third-order valence-corrected chi connectivity index (χ3v) is 3.35. The van der Waals surface area contributed by atoms with Crippen molar-refractivity contribution in [3.8, 4) is 0 Å². The van der Waals surface area contributed by atoms with Crippen LogP contribution < -0.4 is 16.6 Å². The Kier molecular flexibility index (Phi) is 4.34. The number of fused-ring (bicyclic) bond motifs is 1. The molecule has 0 saturated carbocycles. The lowest BCUT2D eigenvalue weighted by Gasteiger charge is -2.10. The van der Waals surface area contributed by atoms with Crippen molar-refractivity contribution in [1.29, 1.82) is 0 Å². The zero-order chi connectivity index (χ0) is 18.0. The number of nitrogens with zero attached hydrogens (tertiary/aromatic N) is 2. The van der Waals surface area contributed by atoms with Crippen LogP contribution in [0.4, 0.5) is 18.9 Å². The number of alkyl halides is 3. The summed E-state index contributed by atoms with van der Waals surface area (Å²) in [5.41, 5.74) is -2.12. The summed E-state index contributed by atoms with van der Waals surface area (Å²) in [6.45, 7) is 0.406. The fraction of sp³-hybridized carbons (Fsp3) is 0.267. The lowest BCUT2D eigenvalue weighted by atomic mass is 10.2. The molecule has 0 aliphatic heterocycles. The van der Waals surface area contributed by atoms with Gasteiger partial charge in [-0.15, -0.1) is 4.57 Å². The van der Waals surface area contributed by atoms with E-state index in [4.69, 9.17) is 0 Å². The van der Waals surface area contributed by atoms with E-state index in [0.717, 1.165) is 16.7 Å². The maximum absolute atomic E-state index is 12.6. The second-order valence-corrected chi connectivity index (χ2v) is 5.22. The smallest absolute Gasteiger partial charge is 0.385 e. The fourth-order valence-electron chi connectivity index (χ4n) is 2.20. The third-order valence-electron chi connectivity index (χ3n) is 3.35. The summed E-state index contributed by atoms with van der Waals surface area (Å²) in [5, 5.41) is 2.90. The van der Waals surface area contributed by atoms with Gasteiger partial charge in [-0.3, -0.25) is 0 Å². The second kappa shape index (κ2) is 6.46. The molecule has 25 heavy (non-hydrogen) atoms. The second-order valence-electron chi connectivity index (χ2n) is 5.22. The van der Waals surface area contributed by atoms with Crippen molar-refractivity contribution in [2.45, 2.75) is 19.0 Å². The van der Waals surface area contributed by atoms with Crippen molar-refractivity contribution in [3.05, 3.63) is 62.6 Å². The predicted octanol–water partition coefficient (Wildman–Crippen LogP) is 2.30. The number of imidazole rings is 1. The van der Waals surface area contributed by atoms with E-state index in [1.165, 1.54) is 12.3 Å². The molecule has 3 aromatic rings. The molecule has 0 unspecified atom stereocenters. The van der Waals surface area contributed by atoms with Crippen molar-refractivity contribution in [2.24, 2.45) is 0 Å². The van der Waals surface area contributed by atoms with E-state index in [9.17, 15) is 22.8 Å². The molecule has 0 fully saturated rings. The van der Waals surface area contributed by atoms with Crippen molar-refractivity contribution < 1.29 is 22.1 Å². The summed E-state index contributed by atoms with van der Waals surface area (Å²) < 4.78 is 48.2. The quantitative estimate of drug-likeness (QED) is 0.558. The van der Waals surface area contributed by atoms with Crippen LogP contribution in [-0.2, 0) is 12.6 Å². The molecule has 0 atom stereocenters. The number of anilines is 1. The van der Waals surface area contributed by atoms with Crippen molar-refractivity contribution in [3.63, 3.8) is 0 Å². The van der Waals surface area contributed by atoms with E-state index < -0.39 is 23.0 Å². The van der Waals surface area contributed by atoms with Gasteiger partial charge in [-0.25, -0.2) is 9.59 Å². The fourth-order valence-corrected chi connectivity index (χ4v) is 2.20. The Balaban J connectivity index is 1.59. The van der Waals surface area contributed by atoms with Gasteiger partial charge in [0.15, 0.2) is 0 Å². The van der Waals surface area contributed by atoms with Gasteiger partial charge in [0, 0.05) is 12.2 Å². The topological polar surface area (TPSA) is 89.8 Å². The molecule has 3 rings (SSSR count). The Labute approximate surface area is 137 Å². The molecule has 0 radical (unpaired) electrons. The van der Waals surface area contributed by atoms with Gasteiger partial charge in [0.25, 0.3) is 0 Å². The highest BCUT2D eigenvalue weighted by molar-refractivity contribution is 5.46.